The van der Waals surface area contributed by atoms with Crippen molar-refractivity contribution in [2.45, 2.75) is 0 Å². The maximum Gasteiger partial charge on any atom is 4.00 e. The van der Waals surface area contributed by atoms with Crippen LogP contribution in [0.2, 0.25) is 0 Å². The van der Waals surface area contributed by atoms with E-state index in [0.717, 1.165) is 0 Å². The summed E-state index contributed by atoms with van der Waals surface area (Å²) in [4.78, 5) is 0. The summed E-state index contributed by atoms with van der Waals surface area (Å²) >= 11 is 0. The first kappa shape index (κ1) is 117. The Bertz CT molecular complexity index is 6.85. The molecule has 29 valence electrons. The second-order valence-corrected chi connectivity index (χ2v) is 0. The van der Waals surface area contributed by atoms with Crippen molar-refractivity contribution in [1.29, 1.82) is 0 Å². The summed E-state index contributed by atoms with van der Waals surface area (Å²) in [6.07, 6.45) is 0. The van der Waals surface area contributed by atoms with Gasteiger partial charge >= 0.3 is 41.0 Å². The molecule has 0 aliphatic carbocycles. The van der Waals surface area contributed by atoms with Crippen molar-refractivity contribution in [2.24, 2.45) is 0 Å². The zero-order valence-corrected chi connectivity index (χ0v) is 6.14. The largest absolute Gasteiger partial charge is 4.00 e. The summed E-state index contributed by atoms with van der Waals surface area (Å²) in [7, 11) is 0. The molecule has 0 unspecified atom stereocenters. The van der Waals surface area contributed by atoms with Crippen LogP contribution in [0.4, 0.5) is 0 Å². The molecule has 0 aromatic rings. The van der Waals surface area contributed by atoms with Crippen LogP contribution in [0.25, 0.3) is 0 Å². The van der Waals surface area contributed by atoms with E-state index in [1.807, 2.05) is 0 Å². The quantitative estimate of drug-likeness (QED) is 0.483. The fourth-order valence-electron chi connectivity index (χ4n) is 0. The fraction of sp³-hybridized carbons (Fsp3) is 0. The molecule has 0 aromatic carbocycles. The molecule has 0 spiro atoms. The third-order valence-electron chi connectivity index (χ3n) is 0. The molecule has 0 rings (SSSR count). The SMILES string of the molecule is [Mn+2].[O-2].[O-2].[O-2].[Sn+4]. The predicted octanol–water partition coefficient (Wildman–Crippen LogP) is -0.740. The third kappa shape index (κ3) is 37.0. The molecule has 0 N–H and O–H groups in total. The Kier molecular flexibility index (Phi) is 1490. The molecule has 3 nitrogen and oxygen atoms in total. The van der Waals surface area contributed by atoms with Gasteiger partial charge in [0.25, 0.3) is 0 Å². The van der Waals surface area contributed by atoms with Crippen molar-refractivity contribution in [3.05, 3.63) is 0 Å². The second-order valence-electron chi connectivity index (χ2n) is 0. The molecule has 0 aromatic heterocycles. The minimum atomic E-state index is 0. The monoisotopic (exact) mass is 223 g/mol. The molecule has 0 heterocycles. The predicted molar refractivity (Wildman–Crippen MR) is 7.81 cm³/mol. The van der Waals surface area contributed by atoms with Gasteiger partial charge in [0, 0.05) is 0 Å². The summed E-state index contributed by atoms with van der Waals surface area (Å²) in [5.41, 5.74) is 0. The van der Waals surface area contributed by atoms with E-state index in [9.17, 15) is 0 Å². The van der Waals surface area contributed by atoms with Gasteiger partial charge in [0.05, 0.1) is 0 Å². The van der Waals surface area contributed by atoms with E-state index in [1.165, 1.54) is 0 Å². The summed E-state index contributed by atoms with van der Waals surface area (Å²) < 4.78 is 0. The zero-order chi connectivity index (χ0) is 0. The van der Waals surface area contributed by atoms with Gasteiger partial charge in [-0.3, -0.25) is 0 Å². The van der Waals surface area contributed by atoms with Crippen molar-refractivity contribution in [3.8, 4) is 0 Å². The molecule has 0 amide bonds. The van der Waals surface area contributed by atoms with E-state index in [2.05, 4.69) is 0 Å². The van der Waals surface area contributed by atoms with Crippen LogP contribution >= 0.6 is 0 Å². The summed E-state index contributed by atoms with van der Waals surface area (Å²) in [5.74, 6) is 0. The molecule has 0 saturated heterocycles. The third-order valence-corrected chi connectivity index (χ3v) is 0. The smallest absolute Gasteiger partial charge is 2.00 e. The molecular weight excluding hydrogens is 222 g/mol. The molecule has 0 atom stereocenters. The Morgan fingerprint density at radius 3 is 0.600 bits per heavy atom. The fourth-order valence-corrected chi connectivity index (χ4v) is 0. The average Bonchev–Trinajstić information content (AvgIpc) is 0. The minimum absolute atomic E-state index is 0. The van der Waals surface area contributed by atoms with Crippen molar-refractivity contribution in [1.82, 2.24) is 0 Å². The van der Waals surface area contributed by atoms with E-state index in [0.29, 0.717) is 0 Å². The number of hydrogen-bond acceptors (Lipinski definition) is 0. The van der Waals surface area contributed by atoms with Gasteiger partial charge in [-0.15, -0.1) is 0 Å². The van der Waals surface area contributed by atoms with E-state index in [1.54, 1.807) is 0 Å². The van der Waals surface area contributed by atoms with E-state index in [-0.39, 0.29) is 57.4 Å². The molecule has 0 aliphatic heterocycles. The average molecular weight is 222 g/mol. The van der Waals surface area contributed by atoms with Gasteiger partial charge in [-0.2, -0.15) is 0 Å². The van der Waals surface area contributed by atoms with Crippen molar-refractivity contribution < 1.29 is 33.5 Å². The van der Waals surface area contributed by atoms with Crippen LogP contribution < -0.4 is 0 Å². The van der Waals surface area contributed by atoms with E-state index < -0.39 is 0 Å². The Balaban J connectivity index is 0. The Morgan fingerprint density at radius 2 is 0.600 bits per heavy atom. The minimum Gasteiger partial charge on any atom is -2.00 e. The van der Waals surface area contributed by atoms with Crippen LogP contribution in [0.1, 0.15) is 0 Å². The van der Waals surface area contributed by atoms with E-state index >= 15 is 0 Å². The van der Waals surface area contributed by atoms with Gasteiger partial charge in [0.1, 0.15) is 0 Å². The standard InChI is InChI=1S/Mn.3O.Sn/q+2;3*-2;+4. The maximum absolute atomic E-state index is 0. The second kappa shape index (κ2) is 63.8. The molecule has 0 fully saturated rings. The van der Waals surface area contributed by atoms with Gasteiger partial charge in [0.2, 0.25) is 0 Å². The molecule has 0 aliphatic rings. The molecular formula is MnO3Sn. The normalized spacial score (nSPS) is 0. The topological polar surface area (TPSA) is 85.5 Å². The van der Waals surface area contributed by atoms with E-state index in [4.69, 9.17) is 0 Å². The van der Waals surface area contributed by atoms with Crippen LogP contribution in [0.3, 0.4) is 0 Å². The van der Waals surface area contributed by atoms with Crippen LogP contribution in [-0.4, -0.2) is 23.9 Å². The molecule has 0 bridgehead atoms. The Morgan fingerprint density at radius 1 is 0.600 bits per heavy atom. The number of hydrogen-bond donors (Lipinski definition) is 0. The number of rotatable bonds is 0. The van der Waals surface area contributed by atoms with Gasteiger partial charge in [-0.25, -0.2) is 0 Å². The maximum atomic E-state index is 0. The Hall–Kier alpha value is 1.20. The molecule has 5 heavy (non-hydrogen) atoms. The zero-order valence-electron chi connectivity index (χ0n) is 2.10. The summed E-state index contributed by atoms with van der Waals surface area (Å²) in [5, 5.41) is 0. The van der Waals surface area contributed by atoms with Gasteiger partial charge < -0.3 is 16.4 Å². The summed E-state index contributed by atoms with van der Waals surface area (Å²) in [6, 6.07) is 0. The molecule has 5 heteroatoms. The van der Waals surface area contributed by atoms with Gasteiger partial charge in [-0.1, -0.05) is 0 Å². The Labute approximate surface area is 57.5 Å². The first-order chi connectivity index (χ1) is 0. The van der Waals surface area contributed by atoms with Crippen molar-refractivity contribution in [2.75, 3.05) is 0 Å². The first-order valence-corrected chi connectivity index (χ1v) is 0. The van der Waals surface area contributed by atoms with Crippen molar-refractivity contribution >= 4 is 23.9 Å². The van der Waals surface area contributed by atoms with Crippen LogP contribution in [0.5, 0.6) is 0 Å². The van der Waals surface area contributed by atoms with Gasteiger partial charge in [-0.05, 0) is 0 Å². The van der Waals surface area contributed by atoms with Crippen LogP contribution in [-0.2, 0) is 33.5 Å². The first-order valence-electron chi connectivity index (χ1n) is 0. The summed E-state index contributed by atoms with van der Waals surface area (Å²) in [6.45, 7) is 0. The molecule has 1 radical (unpaired) electrons. The van der Waals surface area contributed by atoms with Crippen LogP contribution in [0.15, 0.2) is 0 Å². The van der Waals surface area contributed by atoms with Gasteiger partial charge in [0.15, 0.2) is 0 Å². The molecule has 0 saturated carbocycles. The van der Waals surface area contributed by atoms with Crippen LogP contribution in [0, 0.1) is 0 Å². The van der Waals surface area contributed by atoms with Crippen molar-refractivity contribution in [3.63, 3.8) is 0 Å².